The summed E-state index contributed by atoms with van der Waals surface area (Å²) in [5.74, 6) is 1.26. The molecule has 0 bridgehead atoms. The van der Waals surface area contributed by atoms with Crippen molar-refractivity contribution in [3.63, 3.8) is 0 Å². The minimum Gasteiger partial charge on any atom is -0.270 e. The zero-order valence-electron chi connectivity index (χ0n) is 18.0. The maximum Gasteiger partial charge on any atom is 0.242 e. The van der Waals surface area contributed by atoms with Crippen molar-refractivity contribution in [2.45, 2.75) is 22.7 Å². The Bertz CT molecular complexity index is 1340. The summed E-state index contributed by atoms with van der Waals surface area (Å²) in [6, 6.07) is 18.9. The highest BCUT2D eigenvalue weighted by Gasteiger charge is 2.19. The van der Waals surface area contributed by atoms with Crippen LogP contribution in [0, 0.1) is 6.92 Å². The quantitative estimate of drug-likeness (QED) is 0.381. The number of sulfonamides is 1. The molecular weight excluding hydrogens is 442 g/mol. The molecule has 2 heterocycles. The largest absolute Gasteiger partial charge is 0.270 e. The van der Waals surface area contributed by atoms with Crippen molar-refractivity contribution in [3.8, 4) is 17.1 Å². The van der Waals surface area contributed by atoms with Gasteiger partial charge in [0.2, 0.25) is 10.0 Å². The molecule has 0 atom stereocenters. The first kappa shape index (κ1) is 22.2. The Labute approximate surface area is 192 Å². The van der Waals surface area contributed by atoms with Crippen LogP contribution in [0.25, 0.3) is 17.1 Å². The molecule has 0 radical (unpaired) electrons. The van der Waals surface area contributed by atoms with Gasteiger partial charge in [0.1, 0.15) is 0 Å². The van der Waals surface area contributed by atoms with E-state index < -0.39 is 10.0 Å². The molecule has 0 aliphatic heterocycles. The summed E-state index contributed by atoms with van der Waals surface area (Å²) >= 11 is 1.51. The Morgan fingerprint density at radius 3 is 2.53 bits per heavy atom. The molecule has 0 amide bonds. The fourth-order valence-corrected chi connectivity index (χ4v) is 5.09. The van der Waals surface area contributed by atoms with Crippen molar-refractivity contribution >= 4 is 21.8 Å². The van der Waals surface area contributed by atoms with Gasteiger partial charge < -0.3 is 0 Å². The molecule has 32 heavy (non-hydrogen) atoms. The van der Waals surface area contributed by atoms with Gasteiger partial charge in [-0.1, -0.05) is 42.1 Å². The van der Waals surface area contributed by atoms with Gasteiger partial charge in [-0.3, -0.25) is 9.55 Å². The molecule has 0 aliphatic rings. The van der Waals surface area contributed by atoms with Crippen molar-refractivity contribution in [1.82, 2.24) is 24.1 Å². The zero-order valence-corrected chi connectivity index (χ0v) is 19.6. The van der Waals surface area contributed by atoms with Crippen LogP contribution in [0.4, 0.5) is 0 Å². The van der Waals surface area contributed by atoms with E-state index in [1.165, 1.54) is 30.2 Å². The van der Waals surface area contributed by atoms with Crippen LogP contribution in [0.5, 0.6) is 0 Å². The van der Waals surface area contributed by atoms with E-state index in [0.717, 1.165) is 27.5 Å². The number of aryl methyl sites for hydroxylation is 1. The Balaban J connectivity index is 1.70. The summed E-state index contributed by atoms with van der Waals surface area (Å²) in [4.78, 5) is 4.49. The molecule has 9 heteroatoms. The molecule has 4 aromatic rings. The summed E-state index contributed by atoms with van der Waals surface area (Å²) in [6.45, 7) is 2.05. The van der Waals surface area contributed by atoms with Gasteiger partial charge >= 0.3 is 0 Å². The van der Waals surface area contributed by atoms with Crippen LogP contribution in [-0.4, -0.2) is 46.6 Å². The first-order chi connectivity index (χ1) is 15.4. The number of para-hydroxylation sites is 1. The number of rotatable bonds is 7. The van der Waals surface area contributed by atoms with Crippen LogP contribution in [0.3, 0.4) is 0 Å². The molecule has 164 valence electrons. The van der Waals surface area contributed by atoms with E-state index in [4.69, 9.17) is 0 Å². The summed E-state index contributed by atoms with van der Waals surface area (Å²) in [5.41, 5.74) is 3.84. The first-order valence-corrected chi connectivity index (χ1v) is 12.4. The SMILES string of the molecule is Cc1ccccc1-n1c(SCc2cccc(S(=O)(=O)N(C)C)c2)nnc1-c1cccnc1. The van der Waals surface area contributed by atoms with Crippen LogP contribution < -0.4 is 0 Å². The third-order valence-corrected chi connectivity index (χ3v) is 7.77. The van der Waals surface area contributed by atoms with Gasteiger partial charge in [-0.15, -0.1) is 10.2 Å². The third kappa shape index (κ3) is 4.45. The average molecular weight is 466 g/mol. The maximum absolute atomic E-state index is 12.5. The molecule has 0 fully saturated rings. The van der Waals surface area contributed by atoms with Crippen LogP contribution in [0.2, 0.25) is 0 Å². The number of hydrogen-bond acceptors (Lipinski definition) is 6. The molecule has 2 aromatic carbocycles. The van der Waals surface area contributed by atoms with Gasteiger partial charge in [-0.2, -0.15) is 0 Å². The number of pyridine rings is 1. The molecule has 0 unspecified atom stereocenters. The Kier molecular flexibility index (Phi) is 6.40. The molecule has 0 saturated heterocycles. The fourth-order valence-electron chi connectivity index (χ4n) is 3.23. The van der Waals surface area contributed by atoms with E-state index in [0.29, 0.717) is 11.6 Å². The van der Waals surface area contributed by atoms with E-state index in [2.05, 4.69) is 15.2 Å². The van der Waals surface area contributed by atoms with Gasteiger partial charge in [-0.25, -0.2) is 12.7 Å². The molecule has 4 rings (SSSR count). The maximum atomic E-state index is 12.5. The normalized spacial score (nSPS) is 11.8. The minimum atomic E-state index is -3.49. The van der Waals surface area contributed by atoms with Crippen LogP contribution in [-0.2, 0) is 15.8 Å². The number of nitrogens with zero attached hydrogens (tertiary/aromatic N) is 5. The fraction of sp³-hybridized carbons (Fsp3) is 0.174. The van der Waals surface area contributed by atoms with E-state index >= 15 is 0 Å². The van der Waals surface area contributed by atoms with Gasteiger partial charge in [0.15, 0.2) is 11.0 Å². The molecular formula is C23H23N5O2S2. The minimum absolute atomic E-state index is 0.275. The highest BCUT2D eigenvalue weighted by Crippen LogP contribution is 2.31. The lowest BCUT2D eigenvalue weighted by Gasteiger charge is -2.13. The summed E-state index contributed by atoms with van der Waals surface area (Å²) in [6.07, 6.45) is 3.49. The second-order valence-corrected chi connectivity index (χ2v) is 10.5. The van der Waals surface area contributed by atoms with Crippen LogP contribution in [0.1, 0.15) is 11.1 Å². The topological polar surface area (TPSA) is 81.0 Å². The predicted molar refractivity (Wildman–Crippen MR) is 126 cm³/mol. The molecule has 0 spiro atoms. The molecule has 7 nitrogen and oxygen atoms in total. The van der Waals surface area contributed by atoms with Gasteiger partial charge in [0.05, 0.1) is 10.6 Å². The van der Waals surface area contributed by atoms with Gasteiger partial charge in [0, 0.05) is 37.8 Å². The standard InChI is InChI=1S/C23H23N5O2S2/c1-17-8-4-5-12-21(17)28-22(19-10-7-13-24-15-19)25-26-23(28)31-16-18-9-6-11-20(14-18)32(29,30)27(2)3/h4-15H,16H2,1-3H3. The highest BCUT2D eigenvalue weighted by atomic mass is 32.2. The lowest BCUT2D eigenvalue weighted by atomic mass is 10.2. The molecule has 0 aliphatic carbocycles. The Morgan fingerprint density at radius 1 is 1.00 bits per heavy atom. The first-order valence-electron chi connectivity index (χ1n) is 9.94. The predicted octanol–water partition coefficient (Wildman–Crippen LogP) is 4.18. The van der Waals surface area contributed by atoms with E-state index in [1.54, 1.807) is 30.6 Å². The number of thioether (sulfide) groups is 1. The lowest BCUT2D eigenvalue weighted by Crippen LogP contribution is -2.22. The molecule has 0 saturated carbocycles. The molecule has 2 aromatic heterocycles. The van der Waals surface area contributed by atoms with Crippen molar-refractivity contribution in [2.75, 3.05) is 14.1 Å². The zero-order chi connectivity index (χ0) is 22.7. The monoisotopic (exact) mass is 465 g/mol. The smallest absolute Gasteiger partial charge is 0.242 e. The van der Waals surface area contributed by atoms with Crippen molar-refractivity contribution in [1.29, 1.82) is 0 Å². The number of aromatic nitrogens is 4. The highest BCUT2D eigenvalue weighted by molar-refractivity contribution is 7.98. The van der Waals surface area contributed by atoms with Crippen LogP contribution >= 0.6 is 11.8 Å². The van der Waals surface area contributed by atoms with Gasteiger partial charge in [-0.05, 0) is 48.4 Å². The summed E-state index contributed by atoms with van der Waals surface area (Å²) in [7, 11) is -0.429. The van der Waals surface area contributed by atoms with E-state index in [1.807, 2.05) is 54.0 Å². The number of benzene rings is 2. The second kappa shape index (κ2) is 9.23. The van der Waals surface area contributed by atoms with Crippen LogP contribution in [0.15, 0.2) is 83.1 Å². The van der Waals surface area contributed by atoms with E-state index in [-0.39, 0.29) is 4.90 Å². The van der Waals surface area contributed by atoms with Gasteiger partial charge in [0.25, 0.3) is 0 Å². The number of hydrogen-bond donors (Lipinski definition) is 0. The average Bonchev–Trinajstić information content (AvgIpc) is 3.22. The van der Waals surface area contributed by atoms with Crippen molar-refractivity contribution in [3.05, 3.63) is 84.2 Å². The van der Waals surface area contributed by atoms with Crippen molar-refractivity contribution in [2.24, 2.45) is 0 Å². The summed E-state index contributed by atoms with van der Waals surface area (Å²) < 4.78 is 28.2. The Hall–Kier alpha value is -3.01. The molecule has 0 N–H and O–H groups in total. The second-order valence-electron chi connectivity index (χ2n) is 7.39. The van der Waals surface area contributed by atoms with E-state index in [9.17, 15) is 8.42 Å². The lowest BCUT2D eigenvalue weighted by molar-refractivity contribution is 0.520. The van der Waals surface area contributed by atoms with Crippen molar-refractivity contribution < 1.29 is 8.42 Å². The Morgan fingerprint density at radius 2 is 1.81 bits per heavy atom. The third-order valence-electron chi connectivity index (χ3n) is 4.95. The summed E-state index contributed by atoms with van der Waals surface area (Å²) in [5, 5.41) is 9.61.